The Morgan fingerprint density at radius 3 is 2.64 bits per heavy atom. The number of hydrogen-bond acceptors (Lipinski definition) is 2. The number of amides is 1. The van der Waals surface area contributed by atoms with E-state index in [2.05, 4.69) is 15.3 Å². The third kappa shape index (κ3) is 2.72. The van der Waals surface area contributed by atoms with Crippen molar-refractivity contribution in [1.82, 2.24) is 15.3 Å². The number of imidazole rings is 1. The minimum Gasteiger partial charge on any atom is -0.342 e. The lowest BCUT2D eigenvalue weighted by molar-refractivity contribution is 0.0938. The summed E-state index contributed by atoms with van der Waals surface area (Å²) in [6.45, 7) is 5.97. The molecule has 1 unspecified atom stereocenters. The van der Waals surface area contributed by atoms with E-state index in [1.807, 2.05) is 63.2 Å². The molecule has 0 radical (unpaired) electrons. The first-order valence-corrected chi connectivity index (χ1v) is 7.37. The van der Waals surface area contributed by atoms with Gasteiger partial charge in [-0.05, 0) is 56.2 Å². The first kappa shape index (κ1) is 14.3. The average molecular weight is 293 g/mol. The molecule has 2 aromatic carbocycles. The normalized spacial score (nSPS) is 12.3. The summed E-state index contributed by atoms with van der Waals surface area (Å²) in [5, 5.41) is 2.99. The molecule has 0 fully saturated rings. The molecule has 0 aliphatic heterocycles. The lowest BCUT2D eigenvalue weighted by atomic mass is 10.1. The number of carbonyl (C=O) groups excluding carboxylic acids is 1. The zero-order chi connectivity index (χ0) is 15.7. The lowest BCUT2D eigenvalue weighted by Crippen LogP contribution is -2.27. The van der Waals surface area contributed by atoms with E-state index >= 15 is 0 Å². The Balaban J connectivity index is 1.79. The number of para-hydroxylation sites is 2. The van der Waals surface area contributed by atoms with Gasteiger partial charge in [-0.15, -0.1) is 0 Å². The maximum absolute atomic E-state index is 12.4. The molecule has 1 heterocycles. The number of nitrogens with one attached hydrogen (secondary N) is 2. The van der Waals surface area contributed by atoms with Gasteiger partial charge >= 0.3 is 0 Å². The fraction of sp³-hybridized carbons (Fsp3) is 0.222. The number of benzene rings is 2. The van der Waals surface area contributed by atoms with Crippen LogP contribution in [0.25, 0.3) is 11.0 Å². The second-order valence-corrected chi connectivity index (χ2v) is 5.63. The zero-order valence-electron chi connectivity index (χ0n) is 13.0. The van der Waals surface area contributed by atoms with E-state index in [9.17, 15) is 4.79 Å². The minimum atomic E-state index is -0.179. The number of fused-ring (bicyclic) bond motifs is 1. The van der Waals surface area contributed by atoms with E-state index in [1.54, 1.807) is 0 Å². The van der Waals surface area contributed by atoms with Crippen LogP contribution in [0.3, 0.4) is 0 Å². The van der Waals surface area contributed by atoms with Crippen LogP contribution in [-0.2, 0) is 0 Å². The summed E-state index contributed by atoms with van der Waals surface area (Å²) in [6, 6.07) is 13.4. The highest BCUT2D eigenvalue weighted by atomic mass is 16.1. The number of hydrogen-bond donors (Lipinski definition) is 2. The molecule has 0 saturated heterocycles. The molecule has 0 aliphatic rings. The Morgan fingerprint density at radius 2 is 1.91 bits per heavy atom. The van der Waals surface area contributed by atoms with Crippen LogP contribution in [-0.4, -0.2) is 15.9 Å². The van der Waals surface area contributed by atoms with Gasteiger partial charge in [-0.1, -0.05) is 18.2 Å². The van der Waals surface area contributed by atoms with Gasteiger partial charge in [-0.3, -0.25) is 4.79 Å². The quantitative estimate of drug-likeness (QED) is 0.774. The predicted molar refractivity (Wildman–Crippen MR) is 87.9 cm³/mol. The fourth-order valence-corrected chi connectivity index (χ4v) is 2.41. The molecule has 1 amide bonds. The van der Waals surface area contributed by atoms with Crippen molar-refractivity contribution in [1.29, 1.82) is 0 Å². The Hall–Kier alpha value is -2.62. The van der Waals surface area contributed by atoms with Crippen LogP contribution in [0, 0.1) is 13.8 Å². The maximum Gasteiger partial charge on any atom is 0.251 e. The van der Waals surface area contributed by atoms with Crippen molar-refractivity contribution in [2.75, 3.05) is 0 Å². The standard InChI is InChI=1S/C18H19N3O/c1-11-8-9-14(10-12(11)2)18(22)19-13(3)17-20-15-6-4-5-7-16(15)21-17/h4-10,13H,1-3H3,(H,19,22)(H,20,21). The third-order valence-corrected chi connectivity index (χ3v) is 3.93. The highest BCUT2D eigenvalue weighted by molar-refractivity contribution is 5.94. The number of rotatable bonds is 3. The zero-order valence-corrected chi connectivity index (χ0v) is 13.0. The Kier molecular flexibility index (Phi) is 3.67. The smallest absolute Gasteiger partial charge is 0.251 e. The van der Waals surface area contributed by atoms with Crippen LogP contribution < -0.4 is 5.32 Å². The van der Waals surface area contributed by atoms with Crippen molar-refractivity contribution >= 4 is 16.9 Å². The van der Waals surface area contributed by atoms with Gasteiger partial charge in [0.25, 0.3) is 5.91 Å². The average Bonchev–Trinajstić information content (AvgIpc) is 2.94. The minimum absolute atomic E-state index is 0.0870. The van der Waals surface area contributed by atoms with Gasteiger partial charge in [0.1, 0.15) is 5.82 Å². The largest absolute Gasteiger partial charge is 0.342 e. The highest BCUT2D eigenvalue weighted by Gasteiger charge is 2.15. The summed E-state index contributed by atoms with van der Waals surface area (Å²) in [5.41, 5.74) is 4.85. The molecule has 3 aromatic rings. The van der Waals surface area contributed by atoms with Gasteiger partial charge in [-0.2, -0.15) is 0 Å². The van der Waals surface area contributed by atoms with Crippen molar-refractivity contribution in [3.63, 3.8) is 0 Å². The van der Waals surface area contributed by atoms with E-state index in [0.717, 1.165) is 22.4 Å². The van der Waals surface area contributed by atoms with E-state index in [4.69, 9.17) is 0 Å². The molecule has 4 nitrogen and oxygen atoms in total. The summed E-state index contributed by atoms with van der Waals surface area (Å²) in [7, 11) is 0. The number of H-pyrrole nitrogens is 1. The van der Waals surface area contributed by atoms with Crippen LogP contribution in [0.1, 0.15) is 40.3 Å². The number of aryl methyl sites for hydroxylation is 2. The van der Waals surface area contributed by atoms with Crippen molar-refractivity contribution < 1.29 is 4.79 Å². The molecule has 0 bridgehead atoms. The van der Waals surface area contributed by atoms with Crippen molar-refractivity contribution in [2.45, 2.75) is 26.8 Å². The van der Waals surface area contributed by atoms with Crippen LogP contribution >= 0.6 is 0 Å². The first-order chi connectivity index (χ1) is 10.5. The SMILES string of the molecule is Cc1ccc(C(=O)NC(C)c2nc3ccccc3[nH]2)cc1C. The predicted octanol–water partition coefficient (Wildman–Crippen LogP) is 3.67. The van der Waals surface area contributed by atoms with Gasteiger partial charge in [0, 0.05) is 5.56 Å². The molecule has 2 N–H and O–H groups in total. The molecular formula is C18H19N3O. The van der Waals surface area contributed by atoms with Crippen LogP contribution in [0.15, 0.2) is 42.5 Å². The summed E-state index contributed by atoms with van der Waals surface area (Å²) >= 11 is 0. The van der Waals surface area contributed by atoms with Crippen molar-refractivity contribution in [3.05, 3.63) is 65.0 Å². The van der Waals surface area contributed by atoms with Crippen LogP contribution in [0.4, 0.5) is 0 Å². The number of aromatic amines is 1. The van der Waals surface area contributed by atoms with Crippen LogP contribution in [0.2, 0.25) is 0 Å². The number of carbonyl (C=O) groups is 1. The van der Waals surface area contributed by atoms with E-state index in [1.165, 1.54) is 5.56 Å². The highest BCUT2D eigenvalue weighted by Crippen LogP contribution is 2.16. The molecule has 0 aliphatic carbocycles. The number of aromatic nitrogens is 2. The summed E-state index contributed by atoms with van der Waals surface area (Å²) in [6.07, 6.45) is 0. The summed E-state index contributed by atoms with van der Waals surface area (Å²) in [5.74, 6) is 0.675. The molecule has 1 aromatic heterocycles. The Bertz CT molecular complexity index is 802. The Labute approximate surface area is 129 Å². The van der Waals surface area contributed by atoms with E-state index < -0.39 is 0 Å². The number of nitrogens with zero attached hydrogens (tertiary/aromatic N) is 1. The van der Waals surface area contributed by atoms with Gasteiger partial charge in [-0.25, -0.2) is 4.98 Å². The summed E-state index contributed by atoms with van der Waals surface area (Å²) < 4.78 is 0. The van der Waals surface area contributed by atoms with Gasteiger partial charge in [0.15, 0.2) is 0 Å². The van der Waals surface area contributed by atoms with Gasteiger partial charge in [0.05, 0.1) is 17.1 Å². The third-order valence-electron chi connectivity index (χ3n) is 3.93. The van der Waals surface area contributed by atoms with Crippen molar-refractivity contribution in [3.8, 4) is 0 Å². The molecule has 4 heteroatoms. The monoisotopic (exact) mass is 293 g/mol. The van der Waals surface area contributed by atoms with E-state index in [-0.39, 0.29) is 11.9 Å². The van der Waals surface area contributed by atoms with Gasteiger partial charge in [0.2, 0.25) is 0 Å². The molecule has 112 valence electrons. The molecular weight excluding hydrogens is 274 g/mol. The van der Waals surface area contributed by atoms with Crippen LogP contribution in [0.5, 0.6) is 0 Å². The maximum atomic E-state index is 12.4. The molecule has 0 saturated carbocycles. The Morgan fingerprint density at radius 1 is 1.14 bits per heavy atom. The van der Waals surface area contributed by atoms with Gasteiger partial charge < -0.3 is 10.3 Å². The lowest BCUT2D eigenvalue weighted by Gasteiger charge is -2.12. The molecule has 0 spiro atoms. The summed E-state index contributed by atoms with van der Waals surface area (Å²) in [4.78, 5) is 20.1. The molecule has 3 rings (SSSR count). The van der Waals surface area contributed by atoms with E-state index in [0.29, 0.717) is 5.56 Å². The fourth-order valence-electron chi connectivity index (χ4n) is 2.41. The molecule has 1 atom stereocenters. The first-order valence-electron chi connectivity index (χ1n) is 7.37. The second-order valence-electron chi connectivity index (χ2n) is 5.63. The topological polar surface area (TPSA) is 57.8 Å². The van der Waals surface area contributed by atoms with Crippen molar-refractivity contribution in [2.24, 2.45) is 0 Å². The second kappa shape index (κ2) is 5.64. The molecule has 22 heavy (non-hydrogen) atoms.